The van der Waals surface area contributed by atoms with Gasteiger partial charge in [-0.25, -0.2) is 0 Å². The Morgan fingerprint density at radius 2 is 2.07 bits per heavy atom. The fraction of sp³-hybridized carbons (Fsp3) is 0.381. The predicted octanol–water partition coefficient (Wildman–Crippen LogP) is 3.40. The van der Waals surface area contributed by atoms with Crippen molar-refractivity contribution in [3.05, 3.63) is 54.2 Å². The Morgan fingerprint density at radius 1 is 1.22 bits per heavy atom. The van der Waals surface area contributed by atoms with Gasteiger partial charge in [-0.05, 0) is 30.7 Å². The molecule has 1 amide bonds. The Kier molecular flexibility index (Phi) is 4.79. The summed E-state index contributed by atoms with van der Waals surface area (Å²) in [4.78, 5) is 16.7. The van der Waals surface area contributed by atoms with E-state index in [2.05, 4.69) is 33.7 Å². The molecule has 0 radical (unpaired) electrons. The minimum atomic E-state index is -0.662. The van der Waals surface area contributed by atoms with E-state index in [1.165, 1.54) is 0 Å². The van der Waals surface area contributed by atoms with Gasteiger partial charge in [0.15, 0.2) is 5.82 Å². The number of benzene rings is 2. The monoisotopic (exact) mass is 365 g/mol. The lowest BCUT2D eigenvalue weighted by molar-refractivity contribution is -0.124. The molecule has 1 fully saturated rings. The molecule has 1 atom stereocenters. The molecule has 2 aromatic carbocycles. The van der Waals surface area contributed by atoms with Crippen LogP contribution in [0.25, 0.3) is 10.8 Å². The van der Waals surface area contributed by atoms with Gasteiger partial charge in [0.05, 0.1) is 6.61 Å². The Hall–Kier alpha value is -2.89. The Bertz CT molecular complexity index is 947. The van der Waals surface area contributed by atoms with Gasteiger partial charge in [0.1, 0.15) is 11.2 Å². The molecule has 1 N–H and O–H groups in total. The Labute approximate surface area is 157 Å². The molecule has 0 bridgehead atoms. The number of nitrogens with one attached hydrogen (secondary N) is 1. The van der Waals surface area contributed by atoms with Crippen molar-refractivity contribution in [1.82, 2.24) is 15.5 Å². The molecule has 1 aliphatic rings. The summed E-state index contributed by atoms with van der Waals surface area (Å²) in [5, 5.41) is 9.20. The Morgan fingerprint density at radius 3 is 2.89 bits per heavy atom. The molecule has 4 rings (SSSR count). The summed E-state index contributed by atoms with van der Waals surface area (Å²) in [5.74, 6) is 1.93. The number of hydrogen-bond donors (Lipinski definition) is 1. The molecule has 1 aliphatic heterocycles. The van der Waals surface area contributed by atoms with E-state index in [0.29, 0.717) is 44.1 Å². The standard InChI is InChI=1S/C21H23N3O3/c1-2-21(12-13-22-19(21)25)20-23-18(24-27-20)11-6-14-26-17-10-5-8-15-7-3-4-9-16(15)17/h3-5,7-10H,2,6,11-14H2,1H3,(H,22,25). The van der Waals surface area contributed by atoms with Gasteiger partial charge in [-0.15, -0.1) is 0 Å². The number of rotatable bonds is 7. The maximum Gasteiger partial charge on any atom is 0.242 e. The fourth-order valence-corrected chi connectivity index (χ4v) is 3.65. The number of aromatic nitrogens is 2. The highest BCUT2D eigenvalue weighted by atomic mass is 16.5. The third-order valence-corrected chi connectivity index (χ3v) is 5.30. The SMILES string of the molecule is CCC1(c2nc(CCCOc3cccc4ccccc34)no2)CCNC1=O. The van der Waals surface area contributed by atoms with Crippen LogP contribution in [0, 0.1) is 0 Å². The number of hydrogen-bond acceptors (Lipinski definition) is 5. The van der Waals surface area contributed by atoms with E-state index in [-0.39, 0.29) is 5.91 Å². The van der Waals surface area contributed by atoms with Crippen LogP contribution in [0.2, 0.25) is 0 Å². The summed E-state index contributed by atoms with van der Waals surface area (Å²) >= 11 is 0. The van der Waals surface area contributed by atoms with Gasteiger partial charge in [-0.3, -0.25) is 4.79 Å². The second kappa shape index (κ2) is 7.39. The van der Waals surface area contributed by atoms with Crippen LogP contribution in [0.5, 0.6) is 5.75 Å². The quantitative estimate of drug-likeness (QED) is 0.649. The maximum absolute atomic E-state index is 12.2. The lowest BCUT2D eigenvalue weighted by Crippen LogP contribution is -2.35. The molecule has 6 nitrogen and oxygen atoms in total. The van der Waals surface area contributed by atoms with Crippen molar-refractivity contribution >= 4 is 16.7 Å². The van der Waals surface area contributed by atoms with E-state index in [4.69, 9.17) is 9.26 Å². The van der Waals surface area contributed by atoms with E-state index in [1.807, 2.05) is 31.2 Å². The number of carbonyl (C=O) groups is 1. The van der Waals surface area contributed by atoms with Crippen LogP contribution in [0.3, 0.4) is 0 Å². The van der Waals surface area contributed by atoms with Crippen LogP contribution in [-0.2, 0) is 16.6 Å². The van der Waals surface area contributed by atoms with Crippen molar-refractivity contribution in [2.45, 2.75) is 38.0 Å². The molecule has 3 aromatic rings. The highest BCUT2D eigenvalue weighted by Gasteiger charge is 2.47. The molecule has 0 aliphatic carbocycles. The molecule has 2 heterocycles. The first kappa shape index (κ1) is 17.5. The molecular weight excluding hydrogens is 342 g/mol. The van der Waals surface area contributed by atoms with Gasteiger partial charge in [0, 0.05) is 18.4 Å². The first-order chi connectivity index (χ1) is 13.2. The number of fused-ring (bicyclic) bond motifs is 1. The molecule has 1 aromatic heterocycles. The zero-order chi connectivity index (χ0) is 18.7. The summed E-state index contributed by atoms with van der Waals surface area (Å²) in [6, 6.07) is 14.2. The van der Waals surface area contributed by atoms with Crippen LogP contribution in [0.15, 0.2) is 47.0 Å². The van der Waals surface area contributed by atoms with Crippen molar-refractivity contribution < 1.29 is 14.1 Å². The van der Waals surface area contributed by atoms with Gasteiger partial charge < -0.3 is 14.6 Å². The zero-order valence-corrected chi connectivity index (χ0v) is 15.4. The second-order valence-electron chi connectivity index (χ2n) is 6.89. The Balaban J connectivity index is 1.36. The van der Waals surface area contributed by atoms with Crippen molar-refractivity contribution in [1.29, 1.82) is 0 Å². The van der Waals surface area contributed by atoms with Crippen LogP contribution in [-0.4, -0.2) is 29.2 Å². The lowest BCUT2D eigenvalue weighted by Gasteiger charge is -2.18. The predicted molar refractivity (Wildman–Crippen MR) is 102 cm³/mol. The van der Waals surface area contributed by atoms with E-state index >= 15 is 0 Å². The van der Waals surface area contributed by atoms with E-state index < -0.39 is 5.41 Å². The summed E-state index contributed by atoms with van der Waals surface area (Å²) in [5.41, 5.74) is -0.662. The van der Waals surface area contributed by atoms with E-state index in [1.54, 1.807) is 0 Å². The van der Waals surface area contributed by atoms with Crippen molar-refractivity contribution in [3.8, 4) is 5.75 Å². The average molecular weight is 365 g/mol. The molecule has 6 heteroatoms. The number of aryl methyl sites for hydroxylation is 1. The van der Waals surface area contributed by atoms with Crippen LogP contribution < -0.4 is 10.1 Å². The number of ether oxygens (including phenoxy) is 1. The first-order valence-corrected chi connectivity index (χ1v) is 9.45. The minimum Gasteiger partial charge on any atom is -0.493 e. The molecule has 0 spiro atoms. The number of amides is 1. The smallest absolute Gasteiger partial charge is 0.242 e. The molecule has 0 saturated carbocycles. The van der Waals surface area contributed by atoms with E-state index in [9.17, 15) is 4.79 Å². The number of carbonyl (C=O) groups excluding carboxylic acids is 1. The highest BCUT2D eigenvalue weighted by molar-refractivity contribution is 5.89. The van der Waals surface area contributed by atoms with Gasteiger partial charge in [-0.1, -0.05) is 48.5 Å². The fourth-order valence-electron chi connectivity index (χ4n) is 3.65. The van der Waals surface area contributed by atoms with Gasteiger partial charge in [-0.2, -0.15) is 4.98 Å². The highest BCUT2D eigenvalue weighted by Crippen LogP contribution is 2.34. The van der Waals surface area contributed by atoms with Crippen molar-refractivity contribution in [2.75, 3.05) is 13.2 Å². The molecule has 140 valence electrons. The molecule has 1 unspecified atom stereocenters. The summed E-state index contributed by atoms with van der Waals surface area (Å²) in [6.45, 7) is 3.20. The largest absolute Gasteiger partial charge is 0.493 e. The molecule has 27 heavy (non-hydrogen) atoms. The molecule has 1 saturated heterocycles. The average Bonchev–Trinajstić information content (AvgIpc) is 3.32. The summed E-state index contributed by atoms with van der Waals surface area (Å²) < 4.78 is 11.4. The maximum atomic E-state index is 12.2. The van der Waals surface area contributed by atoms with Crippen LogP contribution >= 0.6 is 0 Å². The van der Waals surface area contributed by atoms with E-state index in [0.717, 1.165) is 22.9 Å². The second-order valence-corrected chi connectivity index (χ2v) is 6.89. The lowest BCUT2D eigenvalue weighted by atomic mass is 9.83. The topological polar surface area (TPSA) is 77.2 Å². The summed E-state index contributed by atoms with van der Waals surface area (Å²) in [7, 11) is 0. The van der Waals surface area contributed by atoms with Crippen LogP contribution in [0.1, 0.15) is 37.9 Å². The van der Waals surface area contributed by atoms with Crippen molar-refractivity contribution in [3.63, 3.8) is 0 Å². The summed E-state index contributed by atoms with van der Waals surface area (Å²) in [6.07, 6.45) is 2.78. The van der Waals surface area contributed by atoms with Gasteiger partial charge in [0.2, 0.25) is 11.8 Å². The van der Waals surface area contributed by atoms with Gasteiger partial charge >= 0.3 is 0 Å². The third kappa shape index (κ3) is 3.27. The van der Waals surface area contributed by atoms with Gasteiger partial charge in [0.25, 0.3) is 0 Å². The van der Waals surface area contributed by atoms with Crippen molar-refractivity contribution in [2.24, 2.45) is 0 Å². The first-order valence-electron chi connectivity index (χ1n) is 9.45. The number of nitrogens with zero attached hydrogens (tertiary/aromatic N) is 2. The third-order valence-electron chi connectivity index (χ3n) is 5.30. The zero-order valence-electron chi connectivity index (χ0n) is 15.4. The normalized spacial score (nSPS) is 19.4. The minimum absolute atomic E-state index is 0.0144. The molecular formula is C21H23N3O3. The van der Waals surface area contributed by atoms with Crippen LogP contribution in [0.4, 0.5) is 0 Å².